The molecule has 0 saturated heterocycles. The highest BCUT2D eigenvalue weighted by molar-refractivity contribution is 7.18. The molecule has 0 unspecified atom stereocenters. The standard InChI is InChI=1S/C17H21N3O2S/c1-3-11-20(16(21)13-5-4-6-13)17-19-18-15(23-17)12-7-9-14(22-2)10-8-12/h7-10,13H,3-6,11H2,1-2H3. The smallest absolute Gasteiger partial charge is 0.231 e. The van der Waals surface area contributed by atoms with Crippen molar-refractivity contribution in [2.45, 2.75) is 32.6 Å². The van der Waals surface area contributed by atoms with E-state index in [4.69, 9.17) is 4.74 Å². The number of rotatable bonds is 6. The molecule has 0 spiro atoms. The quantitative estimate of drug-likeness (QED) is 0.809. The molecule has 122 valence electrons. The maximum absolute atomic E-state index is 12.6. The molecule has 0 bridgehead atoms. The van der Waals surface area contributed by atoms with E-state index in [1.807, 2.05) is 29.2 Å². The summed E-state index contributed by atoms with van der Waals surface area (Å²) in [6.45, 7) is 2.78. The van der Waals surface area contributed by atoms with Crippen LogP contribution in [0.5, 0.6) is 5.75 Å². The zero-order chi connectivity index (χ0) is 16.2. The normalized spacial score (nSPS) is 14.3. The lowest BCUT2D eigenvalue weighted by Crippen LogP contribution is -2.39. The van der Waals surface area contributed by atoms with Crippen LogP contribution in [0.4, 0.5) is 5.13 Å². The summed E-state index contributed by atoms with van der Waals surface area (Å²) in [5.74, 6) is 1.19. The Kier molecular flexibility index (Phi) is 4.91. The predicted molar refractivity (Wildman–Crippen MR) is 91.9 cm³/mol. The van der Waals surface area contributed by atoms with Crippen LogP contribution in [0.15, 0.2) is 24.3 Å². The number of carbonyl (C=O) groups is 1. The summed E-state index contributed by atoms with van der Waals surface area (Å²) in [6.07, 6.45) is 4.08. The Bertz CT molecular complexity index is 665. The van der Waals surface area contributed by atoms with Gasteiger partial charge in [0.1, 0.15) is 10.8 Å². The molecule has 1 aliphatic rings. The fourth-order valence-electron chi connectivity index (χ4n) is 2.57. The van der Waals surface area contributed by atoms with Gasteiger partial charge in [-0.25, -0.2) is 0 Å². The molecule has 3 rings (SSSR count). The predicted octanol–water partition coefficient (Wildman–Crippen LogP) is 3.76. The van der Waals surface area contributed by atoms with Crippen LogP contribution in [0.3, 0.4) is 0 Å². The molecule has 0 N–H and O–H groups in total. The summed E-state index contributed by atoms with van der Waals surface area (Å²) >= 11 is 1.47. The second-order valence-corrected chi connectivity index (χ2v) is 6.69. The fourth-order valence-corrected chi connectivity index (χ4v) is 3.46. The summed E-state index contributed by atoms with van der Waals surface area (Å²) in [5.41, 5.74) is 0.988. The number of methoxy groups -OCH3 is 1. The Morgan fingerprint density at radius 3 is 2.61 bits per heavy atom. The van der Waals surface area contributed by atoms with E-state index < -0.39 is 0 Å². The summed E-state index contributed by atoms with van der Waals surface area (Å²) < 4.78 is 5.17. The minimum Gasteiger partial charge on any atom is -0.497 e. The van der Waals surface area contributed by atoms with Crippen LogP contribution in [0, 0.1) is 5.92 Å². The molecule has 2 aromatic rings. The summed E-state index contributed by atoms with van der Waals surface area (Å²) in [6, 6.07) is 7.72. The first-order valence-electron chi connectivity index (χ1n) is 8.02. The molecule has 5 nitrogen and oxygen atoms in total. The molecule has 0 aliphatic heterocycles. The average Bonchev–Trinajstić information content (AvgIpc) is 3.00. The molecule has 1 aromatic heterocycles. The molecule has 1 heterocycles. The average molecular weight is 331 g/mol. The van der Waals surface area contributed by atoms with Crippen molar-refractivity contribution >= 4 is 22.4 Å². The lowest BCUT2D eigenvalue weighted by atomic mass is 9.84. The molecule has 6 heteroatoms. The molecule has 0 radical (unpaired) electrons. The second kappa shape index (κ2) is 7.08. The zero-order valence-electron chi connectivity index (χ0n) is 13.5. The van der Waals surface area contributed by atoms with Gasteiger partial charge >= 0.3 is 0 Å². The second-order valence-electron chi connectivity index (χ2n) is 5.74. The van der Waals surface area contributed by atoms with Crippen molar-refractivity contribution in [3.05, 3.63) is 24.3 Å². The van der Waals surface area contributed by atoms with E-state index >= 15 is 0 Å². The number of nitrogens with zero attached hydrogens (tertiary/aromatic N) is 3. The zero-order valence-corrected chi connectivity index (χ0v) is 14.3. The molecule has 1 aromatic carbocycles. The Morgan fingerprint density at radius 1 is 1.30 bits per heavy atom. The van der Waals surface area contributed by atoms with Gasteiger partial charge in [-0.3, -0.25) is 9.69 Å². The molecule has 23 heavy (non-hydrogen) atoms. The summed E-state index contributed by atoms with van der Waals surface area (Å²) in [4.78, 5) is 14.4. The molecule has 1 saturated carbocycles. The van der Waals surface area contributed by atoms with Gasteiger partial charge in [-0.1, -0.05) is 24.7 Å². The maximum atomic E-state index is 12.6. The van der Waals surface area contributed by atoms with E-state index in [1.165, 1.54) is 11.3 Å². The lowest BCUT2D eigenvalue weighted by molar-refractivity contribution is -0.124. The Morgan fingerprint density at radius 2 is 2.04 bits per heavy atom. The van der Waals surface area contributed by atoms with Gasteiger partial charge in [0.05, 0.1) is 7.11 Å². The van der Waals surface area contributed by atoms with Crippen LogP contribution in [-0.4, -0.2) is 29.8 Å². The molecule has 1 amide bonds. The number of carbonyl (C=O) groups excluding carboxylic acids is 1. The minimum atomic E-state index is 0.176. The van der Waals surface area contributed by atoms with Gasteiger partial charge in [-0.15, -0.1) is 10.2 Å². The molecule has 1 fully saturated rings. The van der Waals surface area contributed by atoms with Gasteiger partial charge in [0.2, 0.25) is 11.0 Å². The van der Waals surface area contributed by atoms with Gasteiger partial charge in [0.25, 0.3) is 0 Å². The van der Waals surface area contributed by atoms with Crippen molar-refractivity contribution in [3.8, 4) is 16.3 Å². The SMILES string of the molecule is CCCN(C(=O)C1CCC1)c1nnc(-c2ccc(OC)cc2)s1. The van der Waals surface area contributed by atoms with E-state index in [0.717, 1.165) is 42.0 Å². The molecular formula is C17H21N3O2S. The number of hydrogen-bond acceptors (Lipinski definition) is 5. The van der Waals surface area contributed by atoms with Crippen LogP contribution < -0.4 is 9.64 Å². The van der Waals surface area contributed by atoms with Gasteiger partial charge < -0.3 is 4.74 Å². The summed E-state index contributed by atoms with van der Waals surface area (Å²) in [7, 11) is 1.65. The largest absolute Gasteiger partial charge is 0.497 e. The van der Waals surface area contributed by atoms with Crippen molar-refractivity contribution in [1.82, 2.24) is 10.2 Å². The topological polar surface area (TPSA) is 55.3 Å². The third-order valence-electron chi connectivity index (χ3n) is 4.15. The molecular weight excluding hydrogens is 310 g/mol. The number of benzene rings is 1. The molecule has 0 atom stereocenters. The number of hydrogen-bond donors (Lipinski definition) is 0. The highest BCUT2D eigenvalue weighted by Crippen LogP contribution is 2.34. The third kappa shape index (κ3) is 3.37. The first-order valence-corrected chi connectivity index (χ1v) is 8.84. The Labute approximate surface area is 140 Å². The van der Waals surface area contributed by atoms with E-state index in [1.54, 1.807) is 7.11 Å². The fraction of sp³-hybridized carbons (Fsp3) is 0.471. The lowest BCUT2D eigenvalue weighted by Gasteiger charge is -2.29. The van der Waals surface area contributed by atoms with Crippen LogP contribution in [-0.2, 0) is 4.79 Å². The van der Waals surface area contributed by atoms with Crippen LogP contribution in [0.2, 0.25) is 0 Å². The number of amides is 1. The monoisotopic (exact) mass is 331 g/mol. The number of ether oxygens (including phenoxy) is 1. The maximum Gasteiger partial charge on any atom is 0.231 e. The van der Waals surface area contributed by atoms with Crippen LogP contribution in [0.25, 0.3) is 10.6 Å². The van der Waals surface area contributed by atoms with E-state index in [0.29, 0.717) is 11.7 Å². The number of aromatic nitrogens is 2. The van der Waals surface area contributed by atoms with Crippen molar-refractivity contribution in [2.24, 2.45) is 5.92 Å². The van der Waals surface area contributed by atoms with Gasteiger partial charge in [-0.05, 0) is 43.5 Å². The van der Waals surface area contributed by atoms with Crippen molar-refractivity contribution in [1.29, 1.82) is 0 Å². The van der Waals surface area contributed by atoms with Crippen LogP contribution in [0.1, 0.15) is 32.6 Å². The van der Waals surface area contributed by atoms with Crippen molar-refractivity contribution in [2.75, 3.05) is 18.6 Å². The molecule has 1 aliphatic carbocycles. The first-order chi connectivity index (χ1) is 11.2. The van der Waals surface area contributed by atoms with E-state index in [2.05, 4.69) is 17.1 Å². The number of anilines is 1. The van der Waals surface area contributed by atoms with Gasteiger partial charge in [0, 0.05) is 18.0 Å². The van der Waals surface area contributed by atoms with Gasteiger partial charge in [-0.2, -0.15) is 0 Å². The first kappa shape index (κ1) is 15.9. The minimum absolute atomic E-state index is 0.176. The highest BCUT2D eigenvalue weighted by atomic mass is 32.1. The van der Waals surface area contributed by atoms with Crippen LogP contribution >= 0.6 is 11.3 Å². The summed E-state index contributed by atoms with van der Waals surface area (Å²) in [5, 5.41) is 10.1. The van der Waals surface area contributed by atoms with Gasteiger partial charge in [0.15, 0.2) is 0 Å². The van der Waals surface area contributed by atoms with E-state index in [9.17, 15) is 4.79 Å². The third-order valence-corrected chi connectivity index (χ3v) is 5.15. The van der Waals surface area contributed by atoms with Crippen molar-refractivity contribution < 1.29 is 9.53 Å². The Balaban J connectivity index is 1.81. The van der Waals surface area contributed by atoms with E-state index in [-0.39, 0.29) is 11.8 Å². The van der Waals surface area contributed by atoms with Crippen molar-refractivity contribution in [3.63, 3.8) is 0 Å². The Hall–Kier alpha value is -1.95. The highest BCUT2D eigenvalue weighted by Gasteiger charge is 2.31.